The van der Waals surface area contributed by atoms with Crippen LogP contribution in [-0.4, -0.2) is 13.7 Å². The molecule has 0 bridgehead atoms. The van der Waals surface area contributed by atoms with E-state index in [1.54, 1.807) is 25.3 Å². The zero-order valence-electron chi connectivity index (χ0n) is 16.4. The molecule has 152 valence electrons. The number of hydrogen-bond acceptors (Lipinski definition) is 4. The number of ether oxygens (including phenoxy) is 3. The third-order valence-corrected chi connectivity index (χ3v) is 4.87. The van der Waals surface area contributed by atoms with E-state index in [9.17, 15) is 4.39 Å². The summed E-state index contributed by atoms with van der Waals surface area (Å²) in [4.78, 5) is 0. The van der Waals surface area contributed by atoms with E-state index in [2.05, 4.69) is 21.2 Å². The fraction of sp³-hybridized carbons (Fsp3) is 0.217. The molecule has 0 aliphatic rings. The maximum Gasteiger partial charge on any atom is 0.175 e. The van der Waals surface area contributed by atoms with Crippen LogP contribution in [0, 0.1) is 5.82 Å². The van der Waals surface area contributed by atoms with Crippen molar-refractivity contribution in [3.8, 4) is 17.2 Å². The van der Waals surface area contributed by atoms with Gasteiger partial charge in [-0.25, -0.2) is 4.39 Å². The van der Waals surface area contributed by atoms with Gasteiger partial charge in [0.1, 0.15) is 18.2 Å². The normalized spacial score (nSPS) is 10.5. The summed E-state index contributed by atoms with van der Waals surface area (Å²) in [6.45, 7) is 3.33. The third-order valence-electron chi connectivity index (χ3n) is 4.28. The summed E-state index contributed by atoms with van der Waals surface area (Å²) in [6.07, 6.45) is 0. The Bertz CT molecular complexity index is 947. The average Bonchev–Trinajstić information content (AvgIpc) is 2.73. The lowest BCUT2D eigenvalue weighted by Crippen LogP contribution is -2.03. The highest BCUT2D eigenvalue weighted by Gasteiger charge is 2.13. The quantitative estimate of drug-likeness (QED) is 0.414. The molecule has 3 rings (SSSR count). The van der Waals surface area contributed by atoms with Gasteiger partial charge in [0.15, 0.2) is 11.5 Å². The van der Waals surface area contributed by atoms with Gasteiger partial charge in [-0.05, 0) is 70.9 Å². The molecular formula is C23H23BrFNO3. The molecule has 3 aromatic carbocycles. The van der Waals surface area contributed by atoms with Crippen molar-refractivity contribution >= 4 is 21.6 Å². The molecule has 0 saturated heterocycles. The van der Waals surface area contributed by atoms with Crippen molar-refractivity contribution in [2.24, 2.45) is 0 Å². The second-order valence-electron chi connectivity index (χ2n) is 6.30. The number of nitrogens with one attached hydrogen (secondary N) is 1. The molecule has 0 amide bonds. The van der Waals surface area contributed by atoms with E-state index in [4.69, 9.17) is 14.2 Å². The molecule has 1 N–H and O–H groups in total. The number of anilines is 1. The first-order valence-corrected chi connectivity index (χ1v) is 10.1. The van der Waals surface area contributed by atoms with E-state index < -0.39 is 0 Å². The summed E-state index contributed by atoms with van der Waals surface area (Å²) < 4.78 is 31.4. The molecule has 0 radical (unpaired) electrons. The first-order valence-electron chi connectivity index (χ1n) is 9.30. The minimum absolute atomic E-state index is 0.116. The van der Waals surface area contributed by atoms with Gasteiger partial charge in [0, 0.05) is 17.8 Å². The molecule has 3 aromatic rings. The van der Waals surface area contributed by atoms with Crippen molar-refractivity contribution in [2.45, 2.75) is 20.1 Å². The summed E-state index contributed by atoms with van der Waals surface area (Å²) in [5, 5.41) is 3.37. The summed E-state index contributed by atoms with van der Waals surface area (Å²) in [6, 6.07) is 18.2. The topological polar surface area (TPSA) is 39.7 Å². The van der Waals surface area contributed by atoms with Crippen LogP contribution >= 0.6 is 15.9 Å². The third kappa shape index (κ3) is 5.64. The van der Waals surface area contributed by atoms with Crippen molar-refractivity contribution in [1.29, 1.82) is 0 Å². The highest BCUT2D eigenvalue weighted by molar-refractivity contribution is 9.10. The van der Waals surface area contributed by atoms with E-state index in [0.717, 1.165) is 21.5 Å². The minimum Gasteiger partial charge on any atom is -0.494 e. The second kappa shape index (κ2) is 10.2. The van der Waals surface area contributed by atoms with Crippen LogP contribution in [0.4, 0.5) is 10.1 Å². The van der Waals surface area contributed by atoms with Crippen LogP contribution in [0.2, 0.25) is 0 Å². The van der Waals surface area contributed by atoms with Gasteiger partial charge in [-0.15, -0.1) is 0 Å². The largest absolute Gasteiger partial charge is 0.494 e. The SMILES string of the molecule is CCOc1ccc(NCc2cc(Br)c(OCc3ccccc3F)c(OC)c2)cc1. The Balaban J connectivity index is 1.68. The first kappa shape index (κ1) is 21.0. The Labute approximate surface area is 178 Å². The van der Waals surface area contributed by atoms with E-state index in [-0.39, 0.29) is 12.4 Å². The van der Waals surface area contributed by atoms with E-state index in [1.165, 1.54) is 6.07 Å². The van der Waals surface area contributed by atoms with Crippen LogP contribution in [-0.2, 0) is 13.2 Å². The zero-order chi connectivity index (χ0) is 20.6. The summed E-state index contributed by atoms with van der Waals surface area (Å²) in [5.74, 6) is 1.68. The Hall–Kier alpha value is -2.73. The van der Waals surface area contributed by atoms with Crippen molar-refractivity contribution in [3.05, 3.63) is 82.1 Å². The van der Waals surface area contributed by atoms with Gasteiger partial charge in [0.2, 0.25) is 0 Å². The highest BCUT2D eigenvalue weighted by atomic mass is 79.9. The lowest BCUT2D eigenvalue weighted by molar-refractivity contribution is 0.277. The van der Waals surface area contributed by atoms with E-state index >= 15 is 0 Å². The molecule has 6 heteroatoms. The highest BCUT2D eigenvalue weighted by Crippen LogP contribution is 2.37. The predicted octanol–water partition coefficient (Wildman–Crippen LogP) is 6.19. The molecule has 0 aliphatic heterocycles. The molecule has 0 atom stereocenters. The molecule has 29 heavy (non-hydrogen) atoms. The lowest BCUT2D eigenvalue weighted by Gasteiger charge is -2.15. The van der Waals surface area contributed by atoms with Crippen LogP contribution in [0.5, 0.6) is 17.2 Å². The maximum atomic E-state index is 13.8. The molecule has 0 aromatic heterocycles. The average molecular weight is 460 g/mol. The Morgan fingerprint density at radius 1 is 1.00 bits per heavy atom. The summed E-state index contributed by atoms with van der Waals surface area (Å²) >= 11 is 3.54. The van der Waals surface area contributed by atoms with Crippen LogP contribution in [0.1, 0.15) is 18.1 Å². The van der Waals surface area contributed by atoms with Crippen LogP contribution in [0.25, 0.3) is 0 Å². The monoisotopic (exact) mass is 459 g/mol. The molecule has 4 nitrogen and oxygen atoms in total. The smallest absolute Gasteiger partial charge is 0.175 e. The Morgan fingerprint density at radius 3 is 2.45 bits per heavy atom. The van der Waals surface area contributed by atoms with Crippen LogP contribution < -0.4 is 19.5 Å². The van der Waals surface area contributed by atoms with Gasteiger partial charge in [0.25, 0.3) is 0 Å². The number of methoxy groups -OCH3 is 1. The minimum atomic E-state index is -0.293. The van der Waals surface area contributed by atoms with Gasteiger partial charge in [-0.1, -0.05) is 18.2 Å². The first-order chi connectivity index (χ1) is 14.1. The number of halogens is 2. The number of rotatable bonds is 9. The summed E-state index contributed by atoms with van der Waals surface area (Å²) in [5.41, 5.74) is 2.49. The molecule has 0 saturated carbocycles. The number of benzene rings is 3. The van der Waals surface area contributed by atoms with Gasteiger partial charge in [0.05, 0.1) is 18.2 Å². The molecule has 0 unspecified atom stereocenters. The summed E-state index contributed by atoms with van der Waals surface area (Å²) in [7, 11) is 1.58. The lowest BCUT2D eigenvalue weighted by atomic mass is 10.2. The number of hydrogen-bond donors (Lipinski definition) is 1. The molecule has 0 spiro atoms. The van der Waals surface area contributed by atoms with Gasteiger partial charge >= 0.3 is 0 Å². The van der Waals surface area contributed by atoms with Crippen molar-refractivity contribution in [2.75, 3.05) is 19.0 Å². The molecule has 0 aliphatic carbocycles. The fourth-order valence-corrected chi connectivity index (χ4v) is 3.42. The van der Waals surface area contributed by atoms with Crippen molar-refractivity contribution < 1.29 is 18.6 Å². The van der Waals surface area contributed by atoms with Gasteiger partial charge < -0.3 is 19.5 Å². The van der Waals surface area contributed by atoms with E-state index in [0.29, 0.717) is 30.2 Å². The Morgan fingerprint density at radius 2 is 1.76 bits per heavy atom. The predicted molar refractivity (Wildman–Crippen MR) is 116 cm³/mol. The van der Waals surface area contributed by atoms with Crippen molar-refractivity contribution in [1.82, 2.24) is 0 Å². The van der Waals surface area contributed by atoms with E-state index in [1.807, 2.05) is 43.3 Å². The standard InChI is InChI=1S/C23H23BrFNO3/c1-3-28-19-10-8-18(9-11-19)26-14-16-12-20(24)23(22(13-16)27-2)29-15-17-6-4-5-7-21(17)25/h4-13,26H,3,14-15H2,1-2H3. The van der Waals surface area contributed by atoms with Crippen molar-refractivity contribution in [3.63, 3.8) is 0 Å². The van der Waals surface area contributed by atoms with Gasteiger partial charge in [-0.2, -0.15) is 0 Å². The molecule has 0 heterocycles. The maximum absolute atomic E-state index is 13.8. The van der Waals surface area contributed by atoms with Crippen LogP contribution in [0.15, 0.2) is 65.1 Å². The molecule has 0 fully saturated rings. The fourth-order valence-electron chi connectivity index (χ4n) is 2.82. The molecular weight excluding hydrogens is 437 g/mol. The zero-order valence-corrected chi connectivity index (χ0v) is 18.0. The van der Waals surface area contributed by atoms with Crippen LogP contribution in [0.3, 0.4) is 0 Å². The second-order valence-corrected chi connectivity index (χ2v) is 7.15. The van der Waals surface area contributed by atoms with Gasteiger partial charge in [-0.3, -0.25) is 0 Å². The Kier molecular flexibility index (Phi) is 7.36.